The van der Waals surface area contributed by atoms with Crippen molar-refractivity contribution in [1.29, 1.82) is 0 Å². The summed E-state index contributed by atoms with van der Waals surface area (Å²) in [5.74, 6) is 2.90. The summed E-state index contributed by atoms with van der Waals surface area (Å²) in [6.45, 7) is 4.29. The largest absolute Gasteiger partial charge is 0.485 e. The SMILES string of the molecule is C/C(=C\COF)c1ccc(OC2COc3c(Oc4cccc(C)c4)cccc32)cc1. The summed E-state index contributed by atoms with van der Waals surface area (Å²) in [4.78, 5) is 3.61. The van der Waals surface area contributed by atoms with Crippen LogP contribution in [0.5, 0.6) is 23.0 Å². The van der Waals surface area contributed by atoms with Crippen molar-refractivity contribution in [2.75, 3.05) is 13.2 Å². The van der Waals surface area contributed by atoms with Crippen molar-refractivity contribution >= 4 is 5.57 Å². The molecule has 0 fully saturated rings. The van der Waals surface area contributed by atoms with Gasteiger partial charge in [0.05, 0.1) is 0 Å². The summed E-state index contributed by atoms with van der Waals surface area (Å²) in [6.07, 6.45) is 1.47. The molecule has 3 aromatic rings. The van der Waals surface area contributed by atoms with E-state index >= 15 is 0 Å². The first-order valence-corrected chi connectivity index (χ1v) is 9.81. The Morgan fingerprint density at radius 2 is 1.87 bits per heavy atom. The Balaban J connectivity index is 1.49. The van der Waals surface area contributed by atoms with Gasteiger partial charge in [-0.3, -0.25) is 0 Å². The lowest BCUT2D eigenvalue weighted by molar-refractivity contribution is -0.117. The quantitative estimate of drug-likeness (QED) is 0.443. The molecule has 5 heteroatoms. The van der Waals surface area contributed by atoms with E-state index < -0.39 is 0 Å². The number of hydrogen-bond acceptors (Lipinski definition) is 4. The lowest BCUT2D eigenvalue weighted by Gasteiger charge is -2.14. The molecule has 0 saturated heterocycles. The molecule has 154 valence electrons. The second kappa shape index (κ2) is 9.01. The van der Waals surface area contributed by atoms with Crippen molar-refractivity contribution in [1.82, 2.24) is 0 Å². The molecule has 0 bridgehead atoms. The van der Waals surface area contributed by atoms with Gasteiger partial charge in [-0.2, -0.15) is 4.94 Å². The van der Waals surface area contributed by atoms with Crippen molar-refractivity contribution in [2.24, 2.45) is 0 Å². The van der Waals surface area contributed by atoms with Gasteiger partial charge in [-0.1, -0.05) is 42.5 Å². The number of halogens is 1. The topological polar surface area (TPSA) is 36.9 Å². The fraction of sp³-hybridized carbons (Fsp3) is 0.200. The summed E-state index contributed by atoms with van der Waals surface area (Å²) < 4.78 is 30.0. The van der Waals surface area contributed by atoms with Gasteiger partial charge in [0.25, 0.3) is 0 Å². The minimum Gasteiger partial charge on any atom is -0.485 e. The van der Waals surface area contributed by atoms with Gasteiger partial charge < -0.3 is 14.2 Å². The maximum Gasteiger partial charge on any atom is 0.169 e. The fourth-order valence-electron chi connectivity index (χ4n) is 3.41. The monoisotopic (exact) mass is 406 g/mol. The summed E-state index contributed by atoms with van der Waals surface area (Å²) in [7, 11) is 0. The number of para-hydroxylation sites is 1. The van der Waals surface area contributed by atoms with E-state index in [2.05, 4.69) is 4.94 Å². The molecule has 1 aliphatic heterocycles. The minimum atomic E-state index is -0.219. The van der Waals surface area contributed by atoms with E-state index in [0.29, 0.717) is 18.1 Å². The maximum absolute atomic E-state index is 11.9. The molecule has 1 aliphatic rings. The van der Waals surface area contributed by atoms with Gasteiger partial charge in [0.2, 0.25) is 0 Å². The Kier molecular flexibility index (Phi) is 6.00. The van der Waals surface area contributed by atoms with Gasteiger partial charge in [-0.05, 0) is 65.4 Å². The van der Waals surface area contributed by atoms with Gasteiger partial charge >= 0.3 is 0 Å². The highest BCUT2D eigenvalue weighted by Gasteiger charge is 2.29. The Morgan fingerprint density at radius 3 is 2.63 bits per heavy atom. The van der Waals surface area contributed by atoms with Crippen LogP contribution < -0.4 is 14.2 Å². The van der Waals surface area contributed by atoms with Crippen molar-refractivity contribution in [2.45, 2.75) is 20.0 Å². The van der Waals surface area contributed by atoms with Gasteiger partial charge in [0.1, 0.15) is 24.7 Å². The molecule has 3 aromatic carbocycles. The molecule has 0 saturated carbocycles. The Bertz CT molecular complexity index is 1040. The zero-order chi connectivity index (χ0) is 20.9. The minimum absolute atomic E-state index is 0.0623. The van der Waals surface area contributed by atoms with Crippen LogP contribution in [0.2, 0.25) is 0 Å². The van der Waals surface area contributed by atoms with Crippen molar-refractivity contribution in [3.63, 3.8) is 0 Å². The van der Waals surface area contributed by atoms with Gasteiger partial charge in [0, 0.05) is 5.56 Å². The van der Waals surface area contributed by atoms with Gasteiger partial charge in [0.15, 0.2) is 17.6 Å². The molecule has 0 amide bonds. The third-order valence-corrected chi connectivity index (χ3v) is 4.99. The molecule has 1 unspecified atom stereocenters. The number of rotatable bonds is 7. The van der Waals surface area contributed by atoms with Crippen LogP contribution in [-0.4, -0.2) is 13.2 Å². The average molecular weight is 406 g/mol. The van der Waals surface area contributed by atoms with E-state index in [-0.39, 0.29) is 12.7 Å². The molecule has 0 radical (unpaired) electrons. The number of benzene rings is 3. The second-order valence-electron chi connectivity index (χ2n) is 7.20. The Labute approximate surface area is 175 Å². The van der Waals surface area contributed by atoms with Crippen molar-refractivity contribution in [3.05, 3.63) is 89.5 Å². The van der Waals surface area contributed by atoms with Gasteiger partial charge in [-0.15, -0.1) is 0 Å². The smallest absolute Gasteiger partial charge is 0.169 e. The first-order chi connectivity index (χ1) is 14.6. The molecule has 4 rings (SSSR count). The summed E-state index contributed by atoms with van der Waals surface area (Å²) in [5.41, 5.74) is 4.01. The Hall–Kier alpha value is -3.31. The zero-order valence-electron chi connectivity index (χ0n) is 16.9. The lowest BCUT2D eigenvalue weighted by atomic mass is 10.1. The maximum atomic E-state index is 11.9. The fourth-order valence-corrected chi connectivity index (χ4v) is 3.41. The molecule has 30 heavy (non-hydrogen) atoms. The third-order valence-electron chi connectivity index (χ3n) is 4.99. The molecule has 0 aromatic heterocycles. The third kappa shape index (κ3) is 4.47. The summed E-state index contributed by atoms with van der Waals surface area (Å²) in [6, 6.07) is 21.4. The highest BCUT2D eigenvalue weighted by Crippen LogP contribution is 2.43. The molecule has 0 spiro atoms. The predicted molar refractivity (Wildman–Crippen MR) is 114 cm³/mol. The van der Waals surface area contributed by atoms with Crippen LogP contribution in [0.3, 0.4) is 0 Å². The molecule has 1 heterocycles. The van der Waals surface area contributed by atoms with Crippen LogP contribution in [0.4, 0.5) is 4.53 Å². The highest BCUT2D eigenvalue weighted by atomic mass is 19.3. The first-order valence-electron chi connectivity index (χ1n) is 9.81. The van der Waals surface area contributed by atoms with E-state index in [1.54, 1.807) is 6.08 Å². The molecular formula is C25H23FO4. The second-order valence-corrected chi connectivity index (χ2v) is 7.20. The molecule has 0 aliphatic carbocycles. The van der Waals surface area contributed by atoms with Crippen LogP contribution in [0.25, 0.3) is 5.57 Å². The predicted octanol–water partition coefficient (Wildman–Crippen LogP) is 6.60. The van der Waals surface area contributed by atoms with Crippen LogP contribution in [-0.2, 0) is 4.94 Å². The summed E-state index contributed by atoms with van der Waals surface area (Å²) >= 11 is 0. The molecule has 1 atom stereocenters. The van der Waals surface area contributed by atoms with E-state index in [4.69, 9.17) is 14.2 Å². The Morgan fingerprint density at radius 1 is 1.07 bits per heavy atom. The highest BCUT2D eigenvalue weighted by molar-refractivity contribution is 5.64. The average Bonchev–Trinajstić information content (AvgIpc) is 3.16. The lowest BCUT2D eigenvalue weighted by Crippen LogP contribution is -2.08. The number of allylic oxidation sites excluding steroid dienone is 1. The van der Waals surface area contributed by atoms with E-state index in [9.17, 15) is 4.53 Å². The van der Waals surface area contributed by atoms with Crippen molar-refractivity contribution < 1.29 is 23.7 Å². The molecular weight excluding hydrogens is 383 g/mol. The van der Waals surface area contributed by atoms with Crippen LogP contribution in [0.15, 0.2) is 72.8 Å². The van der Waals surface area contributed by atoms with Crippen molar-refractivity contribution in [3.8, 4) is 23.0 Å². The van der Waals surface area contributed by atoms with Crippen LogP contribution in [0.1, 0.15) is 29.7 Å². The zero-order valence-corrected chi connectivity index (χ0v) is 16.9. The normalized spacial score (nSPS) is 15.4. The number of ether oxygens (including phenoxy) is 3. The van der Waals surface area contributed by atoms with Crippen LogP contribution >= 0.6 is 0 Å². The van der Waals surface area contributed by atoms with E-state index in [1.165, 1.54) is 0 Å². The standard InChI is InChI=1S/C25H23FO4/c1-17-5-3-6-21(15-17)30-23-8-4-7-22-24(16-27-25(22)23)29-20-11-9-19(10-12-20)18(2)13-14-28-26/h3-13,15,24H,14,16H2,1-2H3/b18-13+. The van der Waals surface area contributed by atoms with Crippen LogP contribution in [0, 0.1) is 6.92 Å². The molecule has 4 nitrogen and oxygen atoms in total. The molecule has 0 N–H and O–H groups in total. The van der Waals surface area contributed by atoms with E-state index in [1.807, 2.05) is 80.6 Å². The van der Waals surface area contributed by atoms with Gasteiger partial charge in [-0.25, -0.2) is 0 Å². The van der Waals surface area contributed by atoms with E-state index in [0.717, 1.165) is 33.8 Å². The number of hydrogen-bond donors (Lipinski definition) is 0. The number of fused-ring (bicyclic) bond motifs is 1. The first kappa shape index (κ1) is 20.0. The summed E-state index contributed by atoms with van der Waals surface area (Å²) in [5, 5.41) is 0. The number of aryl methyl sites for hydroxylation is 1.